The summed E-state index contributed by atoms with van der Waals surface area (Å²) in [6.07, 6.45) is -1.26. The van der Waals surface area contributed by atoms with Crippen molar-refractivity contribution in [1.29, 1.82) is 0 Å². The number of esters is 1. The van der Waals surface area contributed by atoms with Gasteiger partial charge in [-0.25, -0.2) is 14.4 Å². The van der Waals surface area contributed by atoms with Gasteiger partial charge in [0, 0.05) is 26.6 Å². The molecule has 0 aromatic carbocycles. The van der Waals surface area contributed by atoms with E-state index in [1.54, 1.807) is 34.7 Å². The Bertz CT molecular complexity index is 517. The lowest BCUT2D eigenvalue weighted by Crippen LogP contribution is -2.44. The predicted octanol–water partition coefficient (Wildman–Crippen LogP) is 1.04. The fourth-order valence-corrected chi connectivity index (χ4v) is 1.93. The Hall–Kier alpha value is -2.52. The zero-order chi connectivity index (χ0) is 21.0. The number of nitrogens with one attached hydrogen (secondary N) is 2. The van der Waals surface area contributed by atoms with Gasteiger partial charge < -0.3 is 29.7 Å². The van der Waals surface area contributed by atoms with Crippen molar-refractivity contribution in [3.63, 3.8) is 0 Å². The molecule has 0 fully saturated rings. The van der Waals surface area contributed by atoms with Gasteiger partial charge in [0.25, 0.3) is 0 Å². The smallest absolute Gasteiger partial charge is 0.408 e. The van der Waals surface area contributed by atoms with Gasteiger partial charge in [-0.1, -0.05) is 0 Å². The fourth-order valence-electron chi connectivity index (χ4n) is 1.93. The number of carbonyl (C=O) groups is 4. The highest BCUT2D eigenvalue weighted by molar-refractivity contribution is 5.83. The van der Waals surface area contributed by atoms with E-state index in [0.29, 0.717) is 0 Å². The van der Waals surface area contributed by atoms with E-state index in [1.807, 2.05) is 0 Å². The highest BCUT2D eigenvalue weighted by Gasteiger charge is 2.26. The first-order chi connectivity index (χ1) is 12.5. The molecule has 0 aliphatic carbocycles. The number of alkyl carbamates (subject to hydrolysis) is 2. The van der Waals surface area contributed by atoms with Gasteiger partial charge in [0.15, 0.2) is 0 Å². The summed E-state index contributed by atoms with van der Waals surface area (Å²) in [6.45, 7) is 7.56. The average molecular weight is 389 g/mol. The van der Waals surface area contributed by atoms with Gasteiger partial charge in [0.2, 0.25) is 5.91 Å². The lowest BCUT2D eigenvalue weighted by molar-refractivity contribution is -0.143. The molecule has 0 radical (unpaired) electrons. The third-order valence-electron chi connectivity index (χ3n) is 3.24. The standard InChI is InChI=1S/C17H31N3O7/c1-7-26-15(23)18-10-11-20(5)13(21)9-8-12(14(22)25-6)19-16(24)27-17(2,3)4/h12H,7-11H2,1-6H3,(H,18,23)(H,19,24). The molecule has 0 aliphatic rings. The van der Waals surface area contributed by atoms with Gasteiger partial charge in [0.1, 0.15) is 11.6 Å². The predicted molar refractivity (Wildman–Crippen MR) is 97.1 cm³/mol. The van der Waals surface area contributed by atoms with E-state index < -0.39 is 29.8 Å². The van der Waals surface area contributed by atoms with E-state index in [9.17, 15) is 19.2 Å². The second kappa shape index (κ2) is 12.0. The first-order valence-electron chi connectivity index (χ1n) is 8.72. The van der Waals surface area contributed by atoms with Crippen LogP contribution in [-0.2, 0) is 23.8 Å². The van der Waals surface area contributed by atoms with E-state index in [1.165, 1.54) is 12.0 Å². The third kappa shape index (κ3) is 11.7. The monoisotopic (exact) mass is 389 g/mol. The molecule has 10 nitrogen and oxygen atoms in total. The Kier molecular flexibility index (Phi) is 10.9. The molecule has 0 spiro atoms. The van der Waals surface area contributed by atoms with Gasteiger partial charge in [0.05, 0.1) is 13.7 Å². The zero-order valence-corrected chi connectivity index (χ0v) is 16.9. The SMILES string of the molecule is CCOC(=O)NCCN(C)C(=O)CCC(NC(=O)OC(C)(C)C)C(=O)OC. The number of amides is 3. The number of nitrogens with zero attached hydrogens (tertiary/aromatic N) is 1. The molecule has 0 heterocycles. The van der Waals surface area contributed by atoms with Crippen LogP contribution in [0.3, 0.4) is 0 Å². The van der Waals surface area contributed by atoms with Crippen molar-refractivity contribution in [1.82, 2.24) is 15.5 Å². The maximum atomic E-state index is 12.2. The van der Waals surface area contributed by atoms with Crippen LogP contribution in [0.4, 0.5) is 9.59 Å². The van der Waals surface area contributed by atoms with Crippen LogP contribution >= 0.6 is 0 Å². The number of hydrogen-bond donors (Lipinski definition) is 2. The normalized spacial score (nSPS) is 11.8. The van der Waals surface area contributed by atoms with Crippen molar-refractivity contribution in [2.75, 3.05) is 33.9 Å². The maximum absolute atomic E-state index is 12.2. The Morgan fingerprint density at radius 2 is 1.74 bits per heavy atom. The van der Waals surface area contributed by atoms with Crippen LogP contribution in [0.1, 0.15) is 40.5 Å². The number of ether oxygens (including phenoxy) is 3. The molecule has 0 saturated heterocycles. The van der Waals surface area contributed by atoms with E-state index in [2.05, 4.69) is 15.4 Å². The molecular formula is C17H31N3O7. The van der Waals surface area contributed by atoms with Crippen LogP contribution in [0, 0.1) is 0 Å². The molecular weight excluding hydrogens is 358 g/mol. The van der Waals surface area contributed by atoms with Crippen molar-refractivity contribution in [3.05, 3.63) is 0 Å². The van der Waals surface area contributed by atoms with Gasteiger partial charge in [-0.3, -0.25) is 4.79 Å². The number of hydrogen-bond acceptors (Lipinski definition) is 7. The van der Waals surface area contributed by atoms with Crippen molar-refractivity contribution in [2.45, 2.75) is 52.2 Å². The van der Waals surface area contributed by atoms with Crippen molar-refractivity contribution < 1.29 is 33.4 Å². The molecule has 1 unspecified atom stereocenters. The molecule has 0 bridgehead atoms. The summed E-state index contributed by atoms with van der Waals surface area (Å²) in [5, 5.41) is 4.92. The zero-order valence-electron chi connectivity index (χ0n) is 16.9. The van der Waals surface area contributed by atoms with Crippen LogP contribution in [-0.4, -0.2) is 74.5 Å². The Balaban J connectivity index is 4.47. The van der Waals surface area contributed by atoms with Gasteiger partial charge in [-0.2, -0.15) is 0 Å². The lowest BCUT2D eigenvalue weighted by Gasteiger charge is -2.23. The van der Waals surface area contributed by atoms with Crippen LogP contribution < -0.4 is 10.6 Å². The van der Waals surface area contributed by atoms with Crippen molar-refractivity contribution in [2.24, 2.45) is 0 Å². The third-order valence-corrected chi connectivity index (χ3v) is 3.24. The summed E-state index contributed by atoms with van der Waals surface area (Å²) in [6, 6.07) is -1.00. The number of rotatable bonds is 9. The van der Waals surface area contributed by atoms with Crippen LogP contribution in [0.5, 0.6) is 0 Å². The molecule has 2 N–H and O–H groups in total. The Morgan fingerprint density at radius 3 is 2.26 bits per heavy atom. The summed E-state index contributed by atoms with van der Waals surface area (Å²) in [7, 11) is 2.77. The molecule has 3 amide bonds. The second-order valence-electron chi connectivity index (χ2n) is 6.72. The van der Waals surface area contributed by atoms with Crippen molar-refractivity contribution in [3.8, 4) is 0 Å². The minimum atomic E-state index is -1.00. The van der Waals surface area contributed by atoms with E-state index in [0.717, 1.165) is 0 Å². The quantitative estimate of drug-likeness (QED) is 0.446. The van der Waals surface area contributed by atoms with Crippen LogP contribution in [0.2, 0.25) is 0 Å². The van der Waals surface area contributed by atoms with Gasteiger partial charge in [-0.05, 0) is 34.1 Å². The average Bonchev–Trinajstić information content (AvgIpc) is 2.55. The number of likely N-dealkylation sites (N-methyl/N-ethyl adjacent to an activating group) is 1. The molecule has 0 aromatic heterocycles. The summed E-state index contributed by atoms with van der Waals surface area (Å²) < 4.78 is 14.5. The first kappa shape index (κ1) is 24.5. The molecule has 27 heavy (non-hydrogen) atoms. The highest BCUT2D eigenvalue weighted by Crippen LogP contribution is 2.09. The van der Waals surface area contributed by atoms with E-state index in [4.69, 9.17) is 9.47 Å². The summed E-state index contributed by atoms with van der Waals surface area (Å²) in [4.78, 5) is 48.4. The molecule has 0 aliphatic heterocycles. The molecule has 0 saturated carbocycles. The maximum Gasteiger partial charge on any atom is 0.408 e. The minimum absolute atomic E-state index is 0.00543. The van der Waals surface area contributed by atoms with Crippen LogP contribution in [0.15, 0.2) is 0 Å². The topological polar surface area (TPSA) is 123 Å². The summed E-state index contributed by atoms with van der Waals surface area (Å²) in [5.41, 5.74) is -0.716. The molecule has 0 rings (SSSR count). The molecule has 156 valence electrons. The van der Waals surface area contributed by atoms with Gasteiger partial charge in [-0.15, -0.1) is 0 Å². The van der Waals surface area contributed by atoms with E-state index in [-0.39, 0.29) is 38.4 Å². The highest BCUT2D eigenvalue weighted by atomic mass is 16.6. The summed E-state index contributed by atoms with van der Waals surface area (Å²) >= 11 is 0. The number of methoxy groups -OCH3 is 1. The first-order valence-corrected chi connectivity index (χ1v) is 8.72. The molecule has 10 heteroatoms. The Labute approximate surface area is 159 Å². The number of carbonyl (C=O) groups excluding carboxylic acids is 4. The largest absolute Gasteiger partial charge is 0.467 e. The van der Waals surface area contributed by atoms with Gasteiger partial charge >= 0.3 is 18.2 Å². The molecule has 1 atom stereocenters. The lowest BCUT2D eigenvalue weighted by atomic mass is 10.1. The minimum Gasteiger partial charge on any atom is -0.467 e. The van der Waals surface area contributed by atoms with E-state index >= 15 is 0 Å². The molecule has 0 aromatic rings. The van der Waals surface area contributed by atoms with Crippen LogP contribution in [0.25, 0.3) is 0 Å². The summed E-state index contributed by atoms with van der Waals surface area (Å²) in [5.74, 6) is -0.916. The fraction of sp³-hybridized carbons (Fsp3) is 0.765. The van der Waals surface area contributed by atoms with Crippen molar-refractivity contribution >= 4 is 24.1 Å². The second-order valence-corrected chi connectivity index (χ2v) is 6.72. The Morgan fingerprint density at radius 1 is 1.11 bits per heavy atom.